The number of ether oxygens (including phenoxy) is 1. The molecule has 0 unspecified atom stereocenters. The van der Waals surface area contributed by atoms with Gasteiger partial charge in [0.15, 0.2) is 9.84 Å². The number of carboxylic acids is 1. The summed E-state index contributed by atoms with van der Waals surface area (Å²) in [5.74, 6) is -2.02. The van der Waals surface area contributed by atoms with Crippen LogP contribution in [-0.4, -0.2) is 92.3 Å². The molecule has 2 saturated heterocycles. The molecule has 2 N–H and O–H groups in total. The summed E-state index contributed by atoms with van der Waals surface area (Å²) in [5, 5.41) is 12.2. The summed E-state index contributed by atoms with van der Waals surface area (Å²) in [4.78, 5) is 38.7. The van der Waals surface area contributed by atoms with Crippen LogP contribution in [0.4, 0.5) is 4.79 Å². The highest BCUT2D eigenvalue weighted by Gasteiger charge is 2.40. The van der Waals surface area contributed by atoms with Crippen molar-refractivity contribution in [1.82, 2.24) is 14.5 Å². The number of hydrogen-bond acceptors (Lipinski definition) is 8. The first-order valence-corrected chi connectivity index (χ1v) is 16.0. The van der Waals surface area contributed by atoms with Crippen LogP contribution in [0.2, 0.25) is 0 Å². The number of rotatable bonds is 8. The van der Waals surface area contributed by atoms with Gasteiger partial charge in [-0.25, -0.2) is 26.4 Å². The van der Waals surface area contributed by atoms with Crippen LogP contribution in [0.15, 0.2) is 53.4 Å². The zero-order chi connectivity index (χ0) is 29.1. The molecule has 0 aliphatic carbocycles. The van der Waals surface area contributed by atoms with Crippen LogP contribution in [0.3, 0.4) is 0 Å². The standard InChI is InChI=1S/C26H31N3O9S2/c1-18-4-10-21(11-5-18)40(36,37)29-12-2-3-23(29)24(30)27-22(25(31)32)17-19-6-8-20(9-7-19)38-26(33)28-13-15-39(34,35)16-14-28/h4-11,22-23H,2-3,12-17H2,1H3,(H,27,30)(H,31,32)/t22-,23-/m0/s1. The molecule has 0 aromatic heterocycles. The van der Waals surface area contributed by atoms with Gasteiger partial charge < -0.3 is 20.1 Å². The van der Waals surface area contributed by atoms with E-state index in [1.165, 1.54) is 29.2 Å². The van der Waals surface area contributed by atoms with E-state index in [2.05, 4.69) is 5.32 Å². The van der Waals surface area contributed by atoms with Crippen LogP contribution < -0.4 is 10.1 Å². The third-order valence-electron chi connectivity index (χ3n) is 6.92. The average Bonchev–Trinajstić information content (AvgIpc) is 3.41. The molecule has 216 valence electrons. The molecule has 2 heterocycles. The topological polar surface area (TPSA) is 167 Å². The van der Waals surface area contributed by atoms with E-state index in [0.717, 1.165) is 9.87 Å². The second-order valence-corrected chi connectivity index (χ2v) is 14.0. The molecule has 2 amide bonds. The van der Waals surface area contributed by atoms with Crippen molar-refractivity contribution < 1.29 is 41.1 Å². The van der Waals surface area contributed by atoms with Gasteiger partial charge in [-0.1, -0.05) is 29.8 Å². The molecule has 12 nitrogen and oxygen atoms in total. The fourth-order valence-corrected chi connectivity index (χ4v) is 7.45. The average molecular weight is 594 g/mol. The van der Waals surface area contributed by atoms with E-state index in [1.807, 2.05) is 6.92 Å². The van der Waals surface area contributed by atoms with Gasteiger partial charge >= 0.3 is 12.1 Å². The Kier molecular flexibility index (Phi) is 8.80. The second-order valence-electron chi connectivity index (χ2n) is 9.84. The number of nitrogens with one attached hydrogen (secondary N) is 1. The number of amides is 2. The van der Waals surface area contributed by atoms with E-state index < -0.39 is 49.9 Å². The largest absolute Gasteiger partial charge is 0.480 e. The lowest BCUT2D eigenvalue weighted by Gasteiger charge is -2.26. The molecule has 2 aromatic carbocycles. The maximum absolute atomic E-state index is 13.2. The molecule has 0 radical (unpaired) electrons. The van der Waals surface area contributed by atoms with Crippen LogP contribution in [0.25, 0.3) is 0 Å². The summed E-state index contributed by atoms with van der Waals surface area (Å²) >= 11 is 0. The van der Waals surface area contributed by atoms with Crippen LogP contribution in [0.1, 0.15) is 24.0 Å². The Morgan fingerprint density at radius 1 is 1.02 bits per heavy atom. The number of sulfonamides is 1. The number of aliphatic carboxylic acids is 1. The third kappa shape index (κ3) is 6.98. The second kappa shape index (κ2) is 11.9. The van der Waals surface area contributed by atoms with Crippen molar-refractivity contribution >= 4 is 37.8 Å². The number of benzene rings is 2. The van der Waals surface area contributed by atoms with Crippen LogP contribution >= 0.6 is 0 Å². The van der Waals surface area contributed by atoms with Crippen molar-refractivity contribution in [2.24, 2.45) is 0 Å². The summed E-state index contributed by atoms with van der Waals surface area (Å²) in [6, 6.07) is 10.0. The Balaban J connectivity index is 1.37. The number of hydrogen-bond donors (Lipinski definition) is 2. The summed E-state index contributed by atoms with van der Waals surface area (Å²) in [7, 11) is -7.09. The molecule has 2 fully saturated rings. The smallest absolute Gasteiger partial charge is 0.415 e. The molecule has 14 heteroatoms. The zero-order valence-electron chi connectivity index (χ0n) is 21.9. The van der Waals surface area contributed by atoms with E-state index in [0.29, 0.717) is 12.0 Å². The fraction of sp³-hybridized carbons (Fsp3) is 0.423. The van der Waals surface area contributed by atoms with E-state index in [9.17, 15) is 36.3 Å². The predicted octanol–water partition coefficient (Wildman–Crippen LogP) is 1.19. The molecule has 2 aliphatic heterocycles. The van der Waals surface area contributed by atoms with Gasteiger partial charge in [-0.3, -0.25) is 4.79 Å². The normalized spacial score (nSPS) is 20.0. The first-order chi connectivity index (χ1) is 18.9. The Morgan fingerprint density at radius 2 is 1.65 bits per heavy atom. The molecule has 2 aromatic rings. The molecule has 4 rings (SSSR count). The minimum atomic E-state index is -3.94. The summed E-state index contributed by atoms with van der Waals surface area (Å²) in [6.45, 7) is 2.08. The fourth-order valence-electron chi connectivity index (χ4n) is 4.59. The number of aryl methyl sites for hydroxylation is 1. The Hall–Kier alpha value is -3.49. The van der Waals surface area contributed by atoms with E-state index in [-0.39, 0.29) is 54.6 Å². The molecule has 0 spiro atoms. The van der Waals surface area contributed by atoms with Gasteiger partial charge in [-0.15, -0.1) is 0 Å². The van der Waals surface area contributed by atoms with Gasteiger partial charge in [0.2, 0.25) is 15.9 Å². The van der Waals surface area contributed by atoms with E-state index in [1.54, 1.807) is 24.3 Å². The van der Waals surface area contributed by atoms with Gasteiger partial charge in [0.05, 0.1) is 16.4 Å². The molecular formula is C26H31N3O9S2. The minimum absolute atomic E-state index is 0.0456. The monoisotopic (exact) mass is 593 g/mol. The Bertz CT molecular complexity index is 1460. The molecular weight excluding hydrogens is 562 g/mol. The number of carboxylic acid groups (broad SMARTS) is 1. The van der Waals surface area contributed by atoms with Gasteiger partial charge in [-0.05, 0) is 49.6 Å². The van der Waals surface area contributed by atoms with Gasteiger partial charge in [-0.2, -0.15) is 4.31 Å². The van der Waals surface area contributed by atoms with Crippen molar-refractivity contribution in [3.8, 4) is 5.75 Å². The van der Waals surface area contributed by atoms with Crippen molar-refractivity contribution in [1.29, 1.82) is 0 Å². The van der Waals surface area contributed by atoms with Gasteiger partial charge in [0.25, 0.3) is 0 Å². The molecule has 2 atom stereocenters. The highest BCUT2D eigenvalue weighted by Crippen LogP contribution is 2.27. The Morgan fingerprint density at radius 3 is 2.25 bits per heavy atom. The predicted molar refractivity (Wildman–Crippen MR) is 144 cm³/mol. The quantitative estimate of drug-likeness (QED) is 0.457. The van der Waals surface area contributed by atoms with Crippen molar-refractivity contribution in [2.75, 3.05) is 31.1 Å². The number of sulfone groups is 1. The first kappa shape index (κ1) is 29.5. The summed E-state index contributed by atoms with van der Waals surface area (Å²) in [5.41, 5.74) is 1.43. The highest BCUT2D eigenvalue weighted by atomic mass is 32.2. The molecule has 40 heavy (non-hydrogen) atoms. The van der Waals surface area contributed by atoms with Crippen LogP contribution in [0, 0.1) is 6.92 Å². The highest BCUT2D eigenvalue weighted by molar-refractivity contribution is 7.91. The van der Waals surface area contributed by atoms with E-state index in [4.69, 9.17) is 4.74 Å². The summed E-state index contributed by atoms with van der Waals surface area (Å²) in [6.07, 6.45) is -0.0304. The lowest BCUT2D eigenvalue weighted by atomic mass is 10.1. The van der Waals surface area contributed by atoms with Gasteiger partial charge in [0.1, 0.15) is 17.8 Å². The van der Waals surface area contributed by atoms with Crippen LogP contribution in [-0.2, 0) is 35.9 Å². The third-order valence-corrected chi connectivity index (χ3v) is 10.5. The van der Waals surface area contributed by atoms with Gasteiger partial charge in [0, 0.05) is 26.1 Å². The lowest BCUT2D eigenvalue weighted by molar-refractivity contribution is -0.142. The first-order valence-electron chi connectivity index (χ1n) is 12.7. The Labute approximate surface area is 232 Å². The lowest BCUT2D eigenvalue weighted by Crippen LogP contribution is -2.51. The molecule has 2 aliphatic rings. The van der Waals surface area contributed by atoms with E-state index >= 15 is 0 Å². The van der Waals surface area contributed by atoms with Crippen molar-refractivity contribution in [3.63, 3.8) is 0 Å². The number of carbonyl (C=O) groups excluding carboxylic acids is 2. The molecule has 0 saturated carbocycles. The minimum Gasteiger partial charge on any atom is -0.480 e. The maximum Gasteiger partial charge on any atom is 0.415 e. The zero-order valence-corrected chi connectivity index (χ0v) is 23.5. The van der Waals surface area contributed by atoms with Crippen LogP contribution in [0.5, 0.6) is 5.75 Å². The molecule has 0 bridgehead atoms. The van der Waals surface area contributed by atoms with Crippen molar-refractivity contribution in [2.45, 2.75) is 43.2 Å². The maximum atomic E-state index is 13.2. The SMILES string of the molecule is Cc1ccc(S(=O)(=O)N2CCC[C@H]2C(=O)N[C@@H](Cc2ccc(OC(=O)N3CCS(=O)(=O)CC3)cc2)C(=O)O)cc1. The number of carbonyl (C=O) groups is 3. The van der Waals surface area contributed by atoms with Crippen molar-refractivity contribution in [3.05, 3.63) is 59.7 Å². The summed E-state index contributed by atoms with van der Waals surface area (Å²) < 4.78 is 55.8. The number of nitrogens with zero attached hydrogens (tertiary/aromatic N) is 2.